The second-order valence-electron chi connectivity index (χ2n) is 7.36. The molecule has 1 atom stereocenters. The van der Waals surface area contributed by atoms with Crippen LogP contribution in [0.25, 0.3) is 0 Å². The van der Waals surface area contributed by atoms with Gasteiger partial charge >= 0.3 is 0 Å². The fourth-order valence-electron chi connectivity index (χ4n) is 4.40. The Hall–Kier alpha value is -2.82. The molecule has 1 aromatic rings. The molecule has 3 aliphatic rings. The van der Waals surface area contributed by atoms with Crippen molar-refractivity contribution in [2.75, 3.05) is 32.9 Å². The first-order valence-electron chi connectivity index (χ1n) is 10.2. The second-order valence-corrected chi connectivity index (χ2v) is 7.36. The van der Waals surface area contributed by atoms with Gasteiger partial charge in [0.15, 0.2) is 5.78 Å². The molecule has 2 N–H and O–H groups in total. The number of hydrazine groups is 1. The molecule has 1 saturated heterocycles. The van der Waals surface area contributed by atoms with Crippen molar-refractivity contribution in [2.45, 2.75) is 32.1 Å². The van der Waals surface area contributed by atoms with Crippen molar-refractivity contribution in [1.29, 1.82) is 5.26 Å². The van der Waals surface area contributed by atoms with E-state index in [9.17, 15) is 10.1 Å². The van der Waals surface area contributed by atoms with Crippen molar-refractivity contribution in [2.24, 2.45) is 5.73 Å². The quantitative estimate of drug-likeness (QED) is 0.838. The molecule has 29 heavy (non-hydrogen) atoms. The number of rotatable bonds is 4. The van der Waals surface area contributed by atoms with Crippen molar-refractivity contribution in [3.05, 3.63) is 52.5 Å². The summed E-state index contributed by atoms with van der Waals surface area (Å²) in [5.41, 5.74) is 9.50. The molecule has 0 amide bonds. The molecule has 2 heterocycles. The highest BCUT2D eigenvalue weighted by Gasteiger charge is 2.41. The van der Waals surface area contributed by atoms with Crippen molar-refractivity contribution in [3.63, 3.8) is 0 Å². The number of Topliss-reactive ketones (excluding diaryl/α,β-unsaturated/α-hetero) is 1. The monoisotopic (exact) mass is 394 g/mol. The summed E-state index contributed by atoms with van der Waals surface area (Å²) in [5, 5.41) is 14.0. The molecule has 7 heteroatoms. The molecule has 152 valence electrons. The zero-order valence-corrected chi connectivity index (χ0v) is 16.7. The number of carbonyl (C=O) groups is 1. The average Bonchev–Trinajstić information content (AvgIpc) is 2.74. The zero-order valence-electron chi connectivity index (χ0n) is 16.7. The van der Waals surface area contributed by atoms with Crippen LogP contribution in [0, 0.1) is 11.3 Å². The Bertz CT molecular complexity index is 892. The van der Waals surface area contributed by atoms with Crippen molar-refractivity contribution >= 4 is 5.78 Å². The standard InChI is InChI=1S/C22H26N4O3/c1-2-29-16-8-6-15(7-9-16)20-17(14-23)22(24)26(25-10-12-28-13-11-25)18-4-3-5-19(27)21(18)20/h6-9,20H,2-5,10-13,24H2,1H3. The number of hydrogen-bond donors (Lipinski definition) is 1. The molecule has 1 unspecified atom stereocenters. The van der Waals surface area contributed by atoms with Crippen molar-refractivity contribution in [1.82, 2.24) is 10.0 Å². The Kier molecular flexibility index (Phi) is 5.56. The Morgan fingerprint density at radius 2 is 1.97 bits per heavy atom. The van der Waals surface area contributed by atoms with Gasteiger partial charge in [0.05, 0.1) is 37.4 Å². The SMILES string of the molecule is CCOc1ccc(C2C(C#N)=C(N)N(N3CCOCC3)C3=C2C(=O)CCC3)cc1. The summed E-state index contributed by atoms with van der Waals surface area (Å²) in [7, 11) is 0. The predicted octanol–water partition coefficient (Wildman–Crippen LogP) is 2.43. The van der Waals surface area contributed by atoms with E-state index in [1.54, 1.807) is 0 Å². The number of ketones is 1. The van der Waals surface area contributed by atoms with E-state index in [1.165, 1.54) is 0 Å². The van der Waals surface area contributed by atoms with Gasteiger partial charge < -0.3 is 15.2 Å². The van der Waals surface area contributed by atoms with E-state index >= 15 is 0 Å². The number of nitriles is 1. The van der Waals surface area contributed by atoms with Crippen LogP contribution in [0.5, 0.6) is 5.75 Å². The first-order valence-corrected chi connectivity index (χ1v) is 10.2. The third kappa shape index (κ3) is 3.50. The molecule has 1 fully saturated rings. The number of nitrogens with zero attached hydrogens (tertiary/aromatic N) is 3. The summed E-state index contributed by atoms with van der Waals surface area (Å²) in [5.74, 6) is 0.850. The number of carbonyl (C=O) groups excluding carboxylic acids is 1. The average molecular weight is 394 g/mol. The molecule has 0 aromatic heterocycles. The maximum absolute atomic E-state index is 13.1. The fourth-order valence-corrected chi connectivity index (χ4v) is 4.40. The van der Waals surface area contributed by atoms with Gasteiger partial charge in [0.2, 0.25) is 0 Å². The van der Waals surface area contributed by atoms with E-state index in [4.69, 9.17) is 15.2 Å². The highest BCUT2D eigenvalue weighted by atomic mass is 16.5. The summed E-state index contributed by atoms with van der Waals surface area (Å²) in [6, 6.07) is 9.92. The lowest BCUT2D eigenvalue weighted by molar-refractivity contribution is -0.117. The largest absolute Gasteiger partial charge is 0.494 e. The molecule has 7 nitrogen and oxygen atoms in total. The number of allylic oxidation sites excluding steroid dienone is 3. The molecule has 0 bridgehead atoms. The van der Waals surface area contributed by atoms with Crippen molar-refractivity contribution in [3.8, 4) is 11.8 Å². The maximum atomic E-state index is 13.1. The number of hydrogen-bond acceptors (Lipinski definition) is 7. The van der Waals surface area contributed by atoms with Crippen LogP contribution in [0.1, 0.15) is 37.7 Å². The molecule has 1 aliphatic carbocycles. The van der Waals surface area contributed by atoms with Crippen LogP contribution in [0.2, 0.25) is 0 Å². The number of ether oxygens (including phenoxy) is 2. The van der Waals surface area contributed by atoms with E-state index in [2.05, 4.69) is 11.1 Å². The lowest BCUT2D eigenvalue weighted by atomic mass is 9.76. The number of benzene rings is 1. The molecule has 4 rings (SSSR count). The Morgan fingerprint density at radius 1 is 1.24 bits per heavy atom. The van der Waals surface area contributed by atoms with Gasteiger partial charge in [0.1, 0.15) is 11.6 Å². The van der Waals surface area contributed by atoms with E-state index in [1.807, 2.05) is 36.2 Å². The van der Waals surface area contributed by atoms with Gasteiger partial charge in [-0.05, 0) is 37.5 Å². The Labute approximate surface area is 170 Å². The molecule has 1 aromatic carbocycles. The van der Waals surface area contributed by atoms with Crippen LogP contribution in [-0.4, -0.2) is 48.7 Å². The Morgan fingerprint density at radius 3 is 2.62 bits per heavy atom. The minimum absolute atomic E-state index is 0.101. The lowest BCUT2D eigenvalue weighted by Crippen LogP contribution is -2.52. The van der Waals surface area contributed by atoms with Crippen LogP contribution in [-0.2, 0) is 9.53 Å². The minimum atomic E-state index is -0.434. The lowest BCUT2D eigenvalue weighted by Gasteiger charge is -2.45. The van der Waals surface area contributed by atoms with Crippen LogP contribution in [0.3, 0.4) is 0 Å². The predicted molar refractivity (Wildman–Crippen MR) is 107 cm³/mol. The third-order valence-corrected chi connectivity index (χ3v) is 5.68. The second kappa shape index (κ2) is 8.27. The van der Waals surface area contributed by atoms with E-state index in [0.717, 1.165) is 29.9 Å². The first-order chi connectivity index (χ1) is 14.2. The molecule has 0 spiro atoms. The summed E-state index contributed by atoms with van der Waals surface area (Å²) < 4.78 is 11.0. The van der Waals surface area contributed by atoms with Gasteiger partial charge in [-0.25, -0.2) is 5.01 Å². The van der Waals surface area contributed by atoms with Crippen molar-refractivity contribution < 1.29 is 14.3 Å². The van der Waals surface area contributed by atoms with Gasteiger partial charge in [-0.15, -0.1) is 0 Å². The molecule has 0 saturated carbocycles. The molecular formula is C22H26N4O3. The molecular weight excluding hydrogens is 368 g/mol. The third-order valence-electron chi connectivity index (χ3n) is 5.68. The van der Waals surface area contributed by atoms with Gasteiger partial charge in [0.25, 0.3) is 0 Å². The van der Waals surface area contributed by atoms with Crippen LogP contribution in [0.15, 0.2) is 46.9 Å². The van der Waals surface area contributed by atoms with Gasteiger partial charge in [-0.3, -0.25) is 9.80 Å². The Balaban J connectivity index is 1.82. The van der Waals surface area contributed by atoms with Gasteiger partial charge in [-0.1, -0.05) is 12.1 Å². The summed E-state index contributed by atoms with van der Waals surface area (Å²) in [6.07, 6.45) is 2.07. The summed E-state index contributed by atoms with van der Waals surface area (Å²) in [4.78, 5) is 13.1. The van der Waals surface area contributed by atoms with Gasteiger partial charge in [0, 0.05) is 30.8 Å². The number of morpholine rings is 1. The summed E-state index contributed by atoms with van der Waals surface area (Å²) >= 11 is 0. The molecule has 2 aliphatic heterocycles. The van der Waals surface area contributed by atoms with Gasteiger partial charge in [-0.2, -0.15) is 5.26 Å². The molecule has 0 radical (unpaired) electrons. The van der Waals surface area contributed by atoms with E-state index in [-0.39, 0.29) is 5.78 Å². The fraction of sp³-hybridized carbons (Fsp3) is 0.455. The smallest absolute Gasteiger partial charge is 0.161 e. The zero-order chi connectivity index (χ0) is 20.4. The minimum Gasteiger partial charge on any atom is -0.494 e. The number of nitrogens with two attached hydrogens (primary N) is 1. The highest BCUT2D eigenvalue weighted by molar-refractivity contribution is 5.99. The summed E-state index contributed by atoms with van der Waals surface area (Å²) in [6.45, 7) is 5.08. The van der Waals surface area contributed by atoms with Crippen LogP contribution < -0.4 is 10.5 Å². The van der Waals surface area contributed by atoms with E-state index in [0.29, 0.717) is 56.3 Å². The maximum Gasteiger partial charge on any atom is 0.161 e. The highest BCUT2D eigenvalue weighted by Crippen LogP contribution is 2.45. The van der Waals surface area contributed by atoms with Crippen LogP contribution >= 0.6 is 0 Å². The van der Waals surface area contributed by atoms with Crippen LogP contribution in [0.4, 0.5) is 0 Å². The first kappa shape index (κ1) is 19.5. The topological polar surface area (TPSA) is 91.8 Å². The van der Waals surface area contributed by atoms with E-state index < -0.39 is 5.92 Å². The normalized spacial score (nSPS) is 23.1.